The first-order chi connectivity index (χ1) is 11.8. The highest BCUT2D eigenvalue weighted by atomic mass is 16.2. The minimum absolute atomic E-state index is 0.00350. The van der Waals surface area contributed by atoms with E-state index < -0.39 is 0 Å². The number of rotatable bonds is 4. The van der Waals surface area contributed by atoms with Crippen LogP contribution in [0.25, 0.3) is 0 Å². The van der Waals surface area contributed by atoms with Crippen LogP contribution < -0.4 is 5.32 Å². The summed E-state index contributed by atoms with van der Waals surface area (Å²) >= 11 is 0. The fraction of sp³-hybridized carbons (Fsp3) is 0.471. The van der Waals surface area contributed by atoms with E-state index in [0.29, 0.717) is 11.6 Å². The second-order valence-electron chi connectivity index (χ2n) is 6.03. The SMILES string of the molecule is CNc1cnc(C[C@H]2CCCN(C(=O)c3ccncn3)CC2)cn1. The van der Waals surface area contributed by atoms with Crippen molar-refractivity contribution in [3.63, 3.8) is 0 Å². The van der Waals surface area contributed by atoms with Gasteiger partial charge in [-0.25, -0.2) is 15.0 Å². The van der Waals surface area contributed by atoms with Crippen molar-refractivity contribution in [1.82, 2.24) is 24.8 Å². The minimum Gasteiger partial charge on any atom is -0.372 e. The Morgan fingerprint density at radius 2 is 2.17 bits per heavy atom. The van der Waals surface area contributed by atoms with Gasteiger partial charge in [0.05, 0.1) is 18.1 Å². The summed E-state index contributed by atoms with van der Waals surface area (Å²) in [5.74, 6) is 1.31. The summed E-state index contributed by atoms with van der Waals surface area (Å²) in [6.45, 7) is 1.54. The van der Waals surface area contributed by atoms with E-state index in [1.165, 1.54) is 6.33 Å². The Kier molecular flexibility index (Phi) is 5.30. The molecule has 2 aromatic heterocycles. The molecule has 7 nitrogen and oxygen atoms in total. The number of carbonyl (C=O) groups is 1. The number of nitrogens with zero attached hydrogens (tertiary/aromatic N) is 5. The molecule has 3 heterocycles. The summed E-state index contributed by atoms with van der Waals surface area (Å²) in [4.78, 5) is 31.1. The van der Waals surface area contributed by atoms with Gasteiger partial charge in [0.2, 0.25) is 0 Å². The fourth-order valence-corrected chi connectivity index (χ4v) is 3.04. The highest BCUT2D eigenvalue weighted by molar-refractivity contribution is 5.92. The zero-order valence-electron chi connectivity index (χ0n) is 13.9. The first kappa shape index (κ1) is 16.3. The van der Waals surface area contributed by atoms with Crippen LogP contribution in [0.1, 0.15) is 35.4 Å². The number of aromatic nitrogens is 4. The molecule has 1 aliphatic rings. The van der Waals surface area contributed by atoms with Crippen molar-refractivity contribution in [3.8, 4) is 0 Å². The first-order valence-electron chi connectivity index (χ1n) is 8.30. The van der Waals surface area contributed by atoms with Crippen molar-refractivity contribution in [1.29, 1.82) is 0 Å². The monoisotopic (exact) mass is 326 g/mol. The fourth-order valence-electron chi connectivity index (χ4n) is 3.04. The van der Waals surface area contributed by atoms with Crippen molar-refractivity contribution in [3.05, 3.63) is 42.4 Å². The van der Waals surface area contributed by atoms with Gasteiger partial charge < -0.3 is 10.2 Å². The third-order valence-corrected chi connectivity index (χ3v) is 4.40. The van der Waals surface area contributed by atoms with Crippen LogP contribution >= 0.6 is 0 Å². The van der Waals surface area contributed by atoms with Gasteiger partial charge >= 0.3 is 0 Å². The average molecular weight is 326 g/mol. The summed E-state index contributed by atoms with van der Waals surface area (Å²) in [7, 11) is 1.83. The molecule has 0 aromatic carbocycles. The lowest BCUT2D eigenvalue weighted by atomic mass is 9.95. The second kappa shape index (κ2) is 7.81. The van der Waals surface area contributed by atoms with Crippen LogP contribution in [0.4, 0.5) is 5.82 Å². The van der Waals surface area contributed by atoms with Crippen molar-refractivity contribution in [2.75, 3.05) is 25.5 Å². The van der Waals surface area contributed by atoms with Gasteiger partial charge in [-0.15, -0.1) is 0 Å². The molecule has 1 saturated heterocycles. The smallest absolute Gasteiger partial charge is 0.272 e. The number of nitrogens with one attached hydrogen (secondary N) is 1. The van der Waals surface area contributed by atoms with E-state index in [0.717, 1.165) is 50.3 Å². The van der Waals surface area contributed by atoms with Crippen LogP contribution in [0.15, 0.2) is 31.0 Å². The van der Waals surface area contributed by atoms with Gasteiger partial charge in [0.15, 0.2) is 0 Å². The summed E-state index contributed by atoms with van der Waals surface area (Å²) in [5, 5.41) is 2.97. The molecule has 126 valence electrons. The highest BCUT2D eigenvalue weighted by Gasteiger charge is 2.22. The molecule has 0 radical (unpaired) electrons. The molecule has 0 unspecified atom stereocenters. The van der Waals surface area contributed by atoms with E-state index in [9.17, 15) is 4.79 Å². The van der Waals surface area contributed by atoms with E-state index in [4.69, 9.17) is 0 Å². The molecule has 24 heavy (non-hydrogen) atoms. The molecule has 0 saturated carbocycles. The first-order valence-corrected chi connectivity index (χ1v) is 8.30. The predicted octanol–water partition coefficient (Wildman–Crippen LogP) is 1.79. The Hall–Kier alpha value is -2.57. The molecule has 1 amide bonds. The molecule has 1 atom stereocenters. The van der Waals surface area contributed by atoms with Gasteiger partial charge in [-0.1, -0.05) is 0 Å². The molecule has 0 spiro atoms. The van der Waals surface area contributed by atoms with Crippen LogP contribution in [-0.2, 0) is 6.42 Å². The van der Waals surface area contributed by atoms with Gasteiger partial charge in [0.25, 0.3) is 5.91 Å². The maximum absolute atomic E-state index is 12.5. The van der Waals surface area contributed by atoms with Crippen molar-refractivity contribution in [2.45, 2.75) is 25.7 Å². The Balaban J connectivity index is 1.57. The van der Waals surface area contributed by atoms with Crippen molar-refractivity contribution >= 4 is 11.7 Å². The topological polar surface area (TPSA) is 83.9 Å². The molecule has 0 bridgehead atoms. The van der Waals surface area contributed by atoms with Crippen LogP contribution in [0.5, 0.6) is 0 Å². The van der Waals surface area contributed by atoms with E-state index in [1.807, 2.05) is 18.1 Å². The summed E-state index contributed by atoms with van der Waals surface area (Å²) in [5.41, 5.74) is 1.48. The number of likely N-dealkylation sites (tertiary alicyclic amines) is 1. The summed E-state index contributed by atoms with van der Waals surface area (Å²) < 4.78 is 0. The quantitative estimate of drug-likeness (QED) is 0.922. The van der Waals surface area contributed by atoms with E-state index in [2.05, 4.69) is 25.3 Å². The molecule has 2 aromatic rings. The van der Waals surface area contributed by atoms with E-state index in [1.54, 1.807) is 18.5 Å². The molecular formula is C17H22N6O. The minimum atomic E-state index is -0.00350. The standard InChI is InChI=1S/C17H22N6O/c1-18-16-11-20-14(10-21-16)9-13-3-2-7-23(8-5-13)17(24)15-4-6-19-12-22-15/h4,6,10-13H,2-3,5,7-9H2,1H3,(H,18,21)/t13-/m0/s1. The number of amides is 1. The number of hydrogen-bond donors (Lipinski definition) is 1. The Labute approximate surface area is 141 Å². The van der Waals surface area contributed by atoms with Gasteiger partial charge in [-0.05, 0) is 37.7 Å². The molecule has 1 fully saturated rings. The maximum Gasteiger partial charge on any atom is 0.272 e. The van der Waals surface area contributed by atoms with Crippen LogP contribution in [0.3, 0.4) is 0 Å². The largest absolute Gasteiger partial charge is 0.372 e. The molecule has 7 heteroatoms. The Bertz CT molecular complexity index is 661. The number of carbonyl (C=O) groups excluding carboxylic acids is 1. The van der Waals surface area contributed by atoms with E-state index >= 15 is 0 Å². The van der Waals surface area contributed by atoms with Gasteiger partial charge in [0, 0.05) is 26.3 Å². The van der Waals surface area contributed by atoms with E-state index in [-0.39, 0.29) is 5.91 Å². The van der Waals surface area contributed by atoms with Crippen LogP contribution in [0.2, 0.25) is 0 Å². The zero-order valence-corrected chi connectivity index (χ0v) is 13.9. The van der Waals surface area contributed by atoms with Crippen molar-refractivity contribution in [2.24, 2.45) is 5.92 Å². The number of hydrogen-bond acceptors (Lipinski definition) is 6. The lowest BCUT2D eigenvalue weighted by molar-refractivity contribution is 0.0754. The Morgan fingerprint density at radius 1 is 1.25 bits per heavy atom. The van der Waals surface area contributed by atoms with Gasteiger partial charge in [-0.2, -0.15) is 0 Å². The van der Waals surface area contributed by atoms with Crippen LogP contribution in [0, 0.1) is 5.92 Å². The third kappa shape index (κ3) is 4.04. The Morgan fingerprint density at radius 3 is 2.88 bits per heavy atom. The lowest BCUT2D eigenvalue weighted by Crippen LogP contribution is -2.32. The molecule has 1 N–H and O–H groups in total. The molecular weight excluding hydrogens is 304 g/mol. The normalized spacial score (nSPS) is 18.0. The van der Waals surface area contributed by atoms with Crippen molar-refractivity contribution < 1.29 is 4.79 Å². The summed E-state index contributed by atoms with van der Waals surface area (Å²) in [6.07, 6.45) is 10.6. The van der Waals surface area contributed by atoms with Gasteiger partial charge in [-0.3, -0.25) is 9.78 Å². The summed E-state index contributed by atoms with van der Waals surface area (Å²) in [6, 6.07) is 1.67. The highest BCUT2D eigenvalue weighted by Crippen LogP contribution is 2.22. The zero-order chi connectivity index (χ0) is 16.8. The average Bonchev–Trinajstić information content (AvgIpc) is 2.88. The van der Waals surface area contributed by atoms with Crippen LogP contribution in [-0.4, -0.2) is 50.9 Å². The predicted molar refractivity (Wildman–Crippen MR) is 90.6 cm³/mol. The molecule has 0 aliphatic carbocycles. The third-order valence-electron chi connectivity index (χ3n) is 4.40. The number of anilines is 1. The maximum atomic E-state index is 12.5. The van der Waals surface area contributed by atoms with Gasteiger partial charge in [0.1, 0.15) is 17.8 Å². The molecule has 1 aliphatic heterocycles. The second-order valence-corrected chi connectivity index (χ2v) is 6.03. The molecule has 3 rings (SSSR count). The lowest BCUT2D eigenvalue weighted by Gasteiger charge is -2.20.